The summed E-state index contributed by atoms with van der Waals surface area (Å²) in [6.45, 7) is 0. The smallest absolute Gasteiger partial charge is 0.279 e. The monoisotopic (exact) mass is 408 g/mol. The molecule has 2 aromatic carbocycles. The molecular formula is C23H20O3S2. The first kappa shape index (κ1) is 18.9. The van der Waals surface area contributed by atoms with Crippen molar-refractivity contribution in [1.29, 1.82) is 0 Å². The Balaban J connectivity index is 1.78. The third-order valence-corrected chi connectivity index (χ3v) is 7.80. The van der Waals surface area contributed by atoms with Crippen LogP contribution in [0.2, 0.25) is 0 Å². The predicted octanol–water partition coefficient (Wildman–Crippen LogP) is 5.55. The molecule has 3 aromatic rings. The Hall–Kier alpha value is -2.47. The van der Waals surface area contributed by atoms with E-state index in [9.17, 15) is 13.0 Å². The summed E-state index contributed by atoms with van der Waals surface area (Å²) in [5.41, 5.74) is 3.30. The van der Waals surface area contributed by atoms with Gasteiger partial charge in [0.1, 0.15) is 0 Å². The number of hydrogen-bond donors (Lipinski definition) is 1. The molecule has 0 saturated carbocycles. The van der Waals surface area contributed by atoms with E-state index in [0.29, 0.717) is 4.88 Å². The van der Waals surface area contributed by atoms with Crippen molar-refractivity contribution in [3.05, 3.63) is 118 Å². The Morgan fingerprint density at radius 2 is 1.50 bits per heavy atom. The van der Waals surface area contributed by atoms with E-state index < -0.39 is 14.9 Å². The molecule has 0 aliphatic heterocycles. The summed E-state index contributed by atoms with van der Waals surface area (Å²) < 4.78 is 33.2. The van der Waals surface area contributed by atoms with E-state index in [1.54, 1.807) is 18.2 Å². The Bertz CT molecular complexity index is 1060. The fourth-order valence-corrected chi connectivity index (χ4v) is 5.87. The van der Waals surface area contributed by atoms with E-state index in [1.807, 2.05) is 53.9 Å². The zero-order chi connectivity index (χ0) is 19.6. The van der Waals surface area contributed by atoms with Crippen molar-refractivity contribution in [3.8, 4) is 0 Å². The molecule has 3 nitrogen and oxygen atoms in total. The van der Waals surface area contributed by atoms with Crippen molar-refractivity contribution in [2.24, 2.45) is 0 Å². The molecular weight excluding hydrogens is 388 g/mol. The minimum Gasteiger partial charge on any atom is -0.285 e. The first-order valence-electron chi connectivity index (χ1n) is 9.01. The van der Waals surface area contributed by atoms with Gasteiger partial charge in [-0.25, -0.2) is 0 Å². The topological polar surface area (TPSA) is 54.4 Å². The van der Waals surface area contributed by atoms with Gasteiger partial charge in [-0.15, -0.1) is 11.3 Å². The molecule has 1 heterocycles. The van der Waals surface area contributed by atoms with Crippen LogP contribution in [-0.2, 0) is 14.9 Å². The van der Waals surface area contributed by atoms with Gasteiger partial charge in [-0.2, -0.15) is 8.42 Å². The summed E-state index contributed by atoms with van der Waals surface area (Å²) in [6, 6.07) is 23.9. The van der Waals surface area contributed by atoms with E-state index in [0.717, 1.165) is 16.7 Å². The minimum atomic E-state index is -4.31. The lowest BCUT2D eigenvalue weighted by Crippen LogP contribution is -2.33. The van der Waals surface area contributed by atoms with Crippen molar-refractivity contribution in [3.63, 3.8) is 0 Å². The largest absolute Gasteiger partial charge is 0.285 e. The third-order valence-electron chi connectivity index (χ3n) is 5.18. The van der Waals surface area contributed by atoms with Gasteiger partial charge in [-0.1, -0.05) is 85.0 Å². The first-order valence-corrected chi connectivity index (χ1v) is 11.3. The molecule has 0 fully saturated rings. The SMILES string of the molecule is O=S(=O)(O)C1(c2cccs2)C=CC(C(c2ccccc2)c2ccccc2)=CC1. The lowest BCUT2D eigenvalue weighted by atomic mass is 9.81. The van der Waals surface area contributed by atoms with Gasteiger partial charge >= 0.3 is 0 Å². The average molecular weight is 409 g/mol. The highest BCUT2D eigenvalue weighted by Crippen LogP contribution is 2.44. The fraction of sp³-hybridized carbons (Fsp3) is 0.130. The highest BCUT2D eigenvalue weighted by atomic mass is 32.2. The Labute approximate surface area is 169 Å². The third kappa shape index (κ3) is 3.37. The van der Waals surface area contributed by atoms with Gasteiger partial charge < -0.3 is 0 Å². The van der Waals surface area contributed by atoms with E-state index in [-0.39, 0.29) is 12.3 Å². The van der Waals surface area contributed by atoms with Crippen LogP contribution in [0.3, 0.4) is 0 Å². The number of allylic oxidation sites excluding steroid dienone is 3. The molecule has 1 aliphatic carbocycles. The van der Waals surface area contributed by atoms with Crippen LogP contribution in [0.4, 0.5) is 0 Å². The summed E-state index contributed by atoms with van der Waals surface area (Å²) >= 11 is 1.34. The van der Waals surface area contributed by atoms with E-state index >= 15 is 0 Å². The van der Waals surface area contributed by atoms with Crippen molar-refractivity contribution in [1.82, 2.24) is 0 Å². The van der Waals surface area contributed by atoms with Gasteiger partial charge in [-0.05, 0) is 34.6 Å². The second-order valence-corrected chi connectivity index (χ2v) is 9.46. The quantitative estimate of drug-likeness (QED) is 0.563. The summed E-state index contributed by atoms with van der Waals surface area (Å²) in [5, 5.41) is 1.83. The van der Waals surface area contributed by atoms with E-state index in [4.69, 9.17) is 0 Å². The van der Waals surface area contributed by atoms with Gasteiger partial charge in [0.25, 0.3) is 10.1 Å². The number of thiophene rings is 1. The lowest BCUT2D eigenvalue weighted by molar-refractivity contribution is 0.449. The first-order chi connectivity index (χ1) is 13.5. The molecule has 4 rings (SSSR count). The predicted molar refractivity (Wildman–Crippen MR) is 114 cm³/mol. The maximum absolute atomic E-state index is 12.3. The number of rotatable bonds is 5. The zero-order valence-corrected chi connectivity index (χ0v) is 16.7. The number of benzene rings is 2. The molecule has 1 aromatic heterocycles. The highest BCUT2D eigenvalue weighted by molar-refractivity contribution is 7.87. The van der Waals surface area contributed by atoms with Gasteiger partial charge in [0.05, 0.1) is 0 Å². The second kappa shape index (κ2) is 7.51. The maximum atomic E-state index is 12.3. The van der Waals surface area contributed by atoms with E-state index in [2.05, 4.69) is 24.3 Å². The molecule has 0 bridgehead atoms. The van der Waals surface area contributed by atoms with Crippen LogP contribution in [0.15, 0.2) is 102 Å². The second-order valence-electron chi connectivity index (χ2n) is 6.84. The Morgan fingerprint density at radius 1 is 0.893 bits per heavy atom. The molecule has 1 atom stereocenters. The van der Waals surface area contributed by atoms with Crippen LogP contribution in [0.1, 0.15) is 28.3 Å². The Kier molecular flexibility index (Phi) is 5.06. The summed E-state index contributed by atoms with van der Waals surface area (Å²) in [4.78, 5) is 0.623. The van der Waals surface area contributed by atoms with Gasteiger partial charge in [0.15, 0.2) is 4.75 Å². The van der Waals surface area contributed by atoms with Crippen LogP contribution in [0.5, 0.6) is 0 Å². The van der Waals surface area contributed by atoms with Crippen molar-refractivity contribution in [2.75, 3.05) is 0 Å². The van der Waals surface area contributed by atoms with Crippen LogP contribution in [0, 0.1) is 0 Å². The molecule has 0 amide bonds. The van der Waals surface area contributed by atoms with Crippen LogP contribution in [0.25, 0.3) is 0 Å². The minimum absolute atomic E-state index is 0.00128. The normalized spacial score (nSPS) is 19.6. The average Bonchev–Trinajstić information content (AvgIpc) is 3.25. The molecule has 0 radical (unpaired) electrons. The van der Waals surface area contributed by atoms with Crippen molar-refractivity contribution in [2.45, 2.75) is 17.1 Å². The van der Waals surface area contributed by atoms with Gasteiger partial charge in [0, 0.05) is 10.8 Å². The maximum Gasteiger partial charge on any atom is 0.279 e. The summed E-state index contributed by atoms with van der Waals surface area (Å²) in [5.74, 6) is 0.00128. The highest BCUT2D eigenvalue weighted by Gasteiger charge is 2.44. The van der Waals surface area contributed by atoms with Crippen molar-refractivity contribution < 1.29 is 13.0 Å². The standard InChI is InChI=1S/C23H20O3S2/c24-28(25,26)23(21-12-7-17-27-21)15-13-20(14-16-23)22(18-8-3-1-4-9-18)19-10-5-2-6-11-19/h1-15,17,22H,16H2,(H,24,25,26). The Morgan fingerprint density at radius 3 is 1.93 bits per heavy atom. The van der Waals surface area contributed by atoms with Crippen molar-refractivity contribution >= 4 is 21.5 Å². The molecule has 0 saturated heterocycles. The molecule has 1 aliphatic rings. The molecule has 1 N–H and O–H groups in total. The van der Waals surface area contributed by atoms with Crippen LogP contribution >= 0.6 is 11.3 Å². The van der Waals surface area contributed by atoms with E-state index in [1.165, 1.54) is 11.3 Å². The molecule has 142 valence electrons. The fourth-order valence-electron chi connectivity index (χ4n) is 3.74. The van der Waals surface area contributed by atoms with Crippen LogP contribution < -0.4 is 0 Å². The number of hydrogen-bond acceptors (Lipinski definition) is 3. The van der Waals surface area contributed by atoms with Gasteiger partial charge in [0.2, 0.25) is 0 Å². The molecule has 28 heavy (non-hydrogen) atoms. The molecule has 0 spiro atoms. The molecule has 1 unspecified atom stereocenters. The summed E-state index contributed by atoms with van der Waals surface area (Å²) in [7, 11) is -4.31. The lowest BCUT2D eigenvalue weighted by Gasteiger charge is -2.30. The summed E-state index contributed by atoms with van der Waals surface area (Å²) in [6.07, 6.45) is 5.64. The zero-order valence-electron chi connectivity index (χ0n) is 15.1. The van der Waals surface area contributed by atoms with Gasteiger partial charge in [-0.3, -0.25) is 4.55 Å². The van der Waals surface area contributed by atoms with Crippen LogP contribution in [-0.4, -0.2) is 13.0 Å². The molecule has 5 heteroatoms.